The molecule has 0 bridgehead atoms. The van der Waals surface area contributed by atoms with Crippen LogP contribution in [0, 0.1) is 5.82 Å². The third kappa shape index (κ3) is 3.06. The molecule has 0 heterocycles. The maximum Gasteiger partial charge on any atom is 0.185 e. The highest BCUT2D eigenvalue weighted by Crippen LogP contribution is 2.29. The Balaban J connectivity index is 3.18. The van der Waals surface area contributed by atoms with Crippen LogP contribution in [0.25, 0.3) is 0 Å². The summed E-state index contributed by atoms with van der Waals surface area (Å²) in [5, 5.41) is -0.0943. The molecular formula is C12H14BrClFNO. The first-order valence-corrected chi connectivity index (χ1v) is 6.45. The van der Waals surface area contributed by atoms with Gasteiger partial charge in [-0.05, 0) is 41.4 Å². The van der Waals surface area contributed by atoms with Gasteiger partial charge in [-0.25, -0.2) is 4.39 Å². The molecule has 0 radical (unpaired) electrons. The molecule has 0 amide bonds. The predicted octanol–water partition coefficient (Wildman–Crippen LogP) is 3.94. The summed E-state index contributed by atoms with van der Waals surface area (Å²) in [6, 6.07) is 2.94. The van der Waals surface area contributed by atoms with Crippen LogP contribution in [0.5, 0.6) is 0 Å². The van der Waals surface area contributed by atoms with Crippen LogP contribution in [0.15, 0.2) is 16.6 Å². The van der Waals surface area contributed by atoms with Gasteiger partial charge in [0.05, 0.1) is 16.1 Å². The molecule has 0 saturated heterocycles. The van der Waals surface area contributed by atoms with Crippen molar-refractivity contribution in [2.45, 2.75) is 32.2 Å². The van der Waals surface area contributed by atoms with Crippen LogP contribution in [0.3, 0.4) is 0 Å². The van der Waals surface area contributed by atoms with Gasteiger partial charge in [0, 0.05) is 4.47 Å². The van der Waals surface area contributed by atoms with E-state index in [1.165, 1.54) is 6.07 Å². The lowest BCUT2D eigenvalue weighted by Gasteiger charge is -2.22. The zero-order chi connectivity index (χ0) is 13.2. The number of halogens is 3. The monoisotopic (exact) mass is 321 g/mol. The molecule has 0 fully saturated rings. The molecule has 1 rings (SSSR count). The molecule has 1 aromatic carbocycles. The summed E-state index contributed by atoms with van der Waals surface area (Å²) in [5.41, 5.74) is 4.77. The lowest BCUT2D eigenvalue weighted by atomic mass is 9.88. The number of Topliss-reactive ketones (excluding diaryl/α,β-unsaturated/α-hetero) is 1. The van der Waals surface area contributed by atoms with E-state index in [0.717, 1.165) is 6.42 Å². The second-order valence-electron chi connectivity index (χ2n) is 4.22. The summed E-state index contributed by atoms with van der Waals surface area (Å²) in [5.74, 6) is -1.15. The fourth-order valence-corrected chi connectivity index (χ4v) is 2.11. The summed E-state index contributed by atoms with van der Waals surface area (Å²) in [7, 11) is 0. The zero-order valence-electron chi connectivity index (χ0n) is 9.69. The Bertz CT molecular complexity index is 448. The summed E-state index contributed by atoms with van der Waals surface area (Å²) in [4.78, 5) is 12.1. The normalized spacial score (nSPS) is 14.5. The van der Waals surface area contributed by atoms with Crippen molar-refractivity contribution < 1.29 is 9.18 Å². The molecule has 2 N–H and O–H groups in total. The van der Waals surface area contributed by atoms with E-state index in [-0.39, 0.29) is 10.6 Å². The van der Waals surface area contributed by atoms with Crippen LogP contribution < -0.4 is 5.73 Å². The van der Waals surface area contributed by atoms with Crippen molar-refractivity contribution in [3.63, 3.8) is 0 Å². The largest absolute Gasteiger partial charge is 0.319 e. The number of ketones is 1. The fraction of sp³-hybridized carbons (Fsp3) is 0.417. The van der Waals surface area contributed by atoms with Crippen molar-refractivity contribution in [3.05, 3.63) is 33.0 Å². The van der Waals surface area contributed by atoms with Gasteiger partial charge in [-0.3, -0.25) is 4.79 Å². The predicted molar refractivity (Wildman–Crippen MR) is 70.9 cm³/mol. The van der Waals surface area contributed by atoms with Crippen molar-refractivity contribution in [1.82, 2.24) is 0 Å². The van der Waals surface area contributed by atoms with Gasteiger partial charge in [-0.1, -0.05) is 24.9 Å². The van der Waals surface area contributed by atoms with E-state index in [1.807, 2.05) is 6.92 Å². The highest BCUT2D eigenvalue weighted by Gasteiger charge is 2.31. The molecule has 5 heteroatoms. The smallest absolute Gasteiger partial charge is 0.185 e. The summed E-state index contributed by atoms with van der Waals surface area (Å²) in [6.45, 7) is 3.53. The Hall–Kier alpha value is -0.450. The maximum atomic E-state index is 13.8. The maximum absolute atomic E-state index is 13.8. The third-order valence-electron chi connectivity index (χ3n) is 2.57. The molecule has 0 spiro atoms. The molecule has 0 aromatic heterocycles. The van der Waals surface area contributed by atoms with Crippen LogP contribution in [-0.4, -0.2) is 11.3 Å². The molecule has 0 aliphatic heterocycles. The highest BCUT2D eigenvalue weighted by atomic mass is 79.9. The average molecular weight is 323 g/mol. The molecule has 2 nitrogen and oxygen atoms in total. The average Bonchev–Trinajstić information content (AvgIpc) is 2.25. The van der Waals surface area contributed by atoms with Crippen LogP contribution in [0.2, 0.25) is 5.02 Å². The van der Waals surface area contributed by atoms with Gasteiger partial charge < -0.3 is 5.73 Å². The number of carbonyl (C=O) groups is 1. The Morgan fingerprint density at radius 2 is 2.18 bits per heavy atom. The van der Waals surface area contributed by atoms with Gasteiger partial charge in [0.15, 0.2) is 11.6 Å². The molecule has 1 aromatic rings. The van der Waals surface area contributed by atoms with E-state index >= 15 is 0 Å². The van der Waals surface area contributed by atoms with Crippen molar-refractivity contribution in [2.24, 2.45) is 5.73 Å². The number of hydrogen-bond acceptors (Lipinski definition) is 2. The summed E-state index contributed by atoms with van der Waals surface area (Å²) < 4.78 is 14.3. The quantitative estimate of drug-likeness (QED) is 0.674. The van der Waals surface area contributed by atoms with Gasteiger partial charge in [-0.2, -0.15) is 0 Å². The van der Waals surface area contributed by atoms with Crippen molar-refractivity contribution in [2.75, 3.05) is 0 Å². The van der Waals surface area contributed by atoms with Crippen molar-refractivity contribution >= 4 is 33.3 Å². The van der Waals surface area contributed by atoms with E-state index < -0.39 is 17.1 Å². The Kier molecular flexibility index (Phi) is 4.69. The van der Waals surface area contributed by atoms with E-state index in [2.05, 4.69) is 15.9 Å². The van der Waals surface area contributed by atoms with Gasteiger partial charge in [0.25, 0.3) is 0 Å². The van der Waals surface area contributed by atoms with E-state index in [1.54, 1.807) is 13.0 Å². The van der Waals surface area contributed by atoms with Gasteiger partial charge in [-0.15, -0.1) is 0 Å². The minimum atomic E-state index is -1.06. The zero-order valence-corrected chi connectivity index (χ0v) is 12.0. The van der Waals surface area contributed by atoms with Crippen LogP contribution in [-0.2, 0) is 0 Å². The minimum Gasteiger partial charge on any atom is -0.319 e. The minimum absolute atomic E-state index is 0.0587. The first-order valence-electron chi connectivity index (χ1n) is 5.28. The van der Waals surface area contributed by atoms with Crippen molar-refractivity contribution in [3.8, 4) is 0 Å². The molecule has 1 unspecified atom stereocenters. The van der Waals surface area contributed by atoms with Gasteiger partial charge >= 0.3 is 0 Å². The van der Waals surface area contributed by atoms with E-state index in [9.17, 15) is 9.18 Å². The molecule has 17 heavy (non-hydrogen) atoms. The Labute approximate surface area is 113 Å². The van der Waals surface area contributed by atoms with E-state index in [4.69, 9.17) is 17.3 Å². The van der Waals surface area contributed by atoms with Crippen molar-refractivity contribution in [1.29, 1.82) is 0 Å². The first-order chi connectivity index (χ1) is 7.81. The molecule has 0 saturated carbocycles. The first kappa shape index (κ1) is 14.6. The second-order valence-corrected chi connectivity index (χ2v) is 5.45. The third-order valence-corrected chi connectivity index (χ3v) is 3.83. The molecule has 94 valence electrons. The summed E-state index contributed by atoms with van der Waals surface area (Å²) in [6.07, 6.45) is 1.25. The van der Waals surface area contributed by atoms with Gasteiger partial charge in [0.1, 0.15) is 0 Å². The SMILES string of the molecule is CCCC(C)(N)C(=O)c1ccc(Br)c(Cl)c1F. The fourth-order valence-electron chi connectivity index (χ4n) is 1.64. The highest BCUT2D eigenvalue weighted by molar-refractivity contribution is 9.10. The van der Waals surface area contributed by atoms with Crippen LogP contribution >= 0.6 is 27.5 Å². The standard InChI is InChI=1S/C12H14BrClFNO/c1-3-6-12(2,16)11(17)7-4-5-8(13)9(14)10(7)15/h4-5H,3,6,16H2,1-2H3. The summed E-state index contributed by atoms with van der Waals surface area (Å²) >= 11 is 8.84. The Morgan fingerprint density at radius 1 is 1.59 bits per heavy atom. The number of nitrogens with two attached hydrogens (primary N) is 1. The number of hydrogen-bond donors (Lipinski definition) is 1. The topological polar surface area (TPSA) is 43.1 Å². The van der Waals surface area contributed by atoms with Crippen LogP contribution in [0.4, 0.5) is 4.39 Å². The van der Waals surface area contributed by atoms with Crippen LogP contribution in [0.1, 0.15) is 37.0 Å². The lowest BCUT2D eigenvalue weighted by molar-refractivity contribution is 0.0889. The van der Waals surface area contributed by atoms with E-state index in [0.29, 0.717) is 10.9 Å². The van der Waals surface area contributed by atoms with Gasteiger partial charge in [0.2, 0.25) is 0 Å². The molecule has 0 aliphatic carbocycles. The number of rotatable bonds is 4. The number of benzene rings is 1. The molecule has 1 atom stereocenters. The molecular weight excluding hydrogens is 308 g/mol. The number of carbonyl (C=O) groups excluding carboxylic acids is 1. The Morgan fingerprint density at radius 3 is 2.71 bits per heavy atom. The lowest BCUT2D eigenvalue weighted by Crippen LogP contribution is -2.45. The molecule has 0 aliphatic rings. The second kappa shape index (κ2) is 5.46.